The summed E-state index contributed by atoms with van der Waals surface area (Å²) in [7, 11) is -10.9. The second-order valence-electron chi connectivity index (χ2n) is 7.23. The number of hydrogen-bond acceptors (Lipinski definition) is 14. The van der Waals surface area contributed by atoms with E-state index in [-0.39, 0.29) is 0 Å². The van der Waals surface area contributed by atoms with Crippen LogP contribution in [0.1, 0.15) is 6.23 Å². The third-order valence-corrected chi connectivity index (χ3v) is 7.34. The molecule has 20 heteroatoms. The number of aromatic amines is 1. The molecule has 2 aliphatic heterocycles. The van der Waals surface area contributed by atoms with E-state index >= 15 is 0 Å². The van der Waals surface area contributed by atoms with Crippen LogP contribution in [0.5, 0.6) is 0 Å². The molecule has 194 valence electrons. The van der Waals surface area contributed by atoms with E-state index in [1.807, 2.05) is 4.98 Å². The minimum atomic E-state index is -5.56. The van der Waals surface area contributed by atoms with Crippen molar-refractivity contribution in [3.8, 4) is 0 Å². The number of hydrogen-bond donors (Lipinski definition) is 8. The lowest BCUT2D eigenvalue weighted by atomic mass is 10.1. The fraction of sp³-hybridized carbons (Fsp3) is 0.714. The zero-order chi connectivity index (χ0) is 25.4. The number of phosphoric acid groups is 2. The smallest absolute Gasteiger partial charge is 0.388 e. The lowest BCUT2D eigenvalue weighted by Crippen LogP contribution is -2.53. The molecule has 1 aromatic rings. The normalized spacial score (nSPS) is 36.3. The van der Waals surface area contributed by atoms with Crippen LogP contribution < -0.4 is 11.2 Å². The predicted octanol–water partition coefficient (Wildman–Crippen LogP) is -4.15. The quantitative estimate of drug-likeness (QED) is 0.146. The second-order valence-corrected chi connectivity index (χ2v) is 10.2. The number of nitrogens with zero attached hydrogens (tertiary/aromatic N) is 1. The van der Waals surface area contributed by atoms with Gasteiger partial charge in [-0.25, -0.2) is 13.9 Å². The zero-order valence-corrected chi connectivity index (χ0v) is 18.6. The van der Waals surface area contributed by atoms with E-state index in [2.05, 4.69) is 4.31 Å². The number of ether oxygens (including phenoxy) is 2. The minimum Gasteiger partial charge on any atom is -0.388 e. The summed E-state index contributed by atoms with van der Waals surface area (Å²) in [4.78, 5) is 43.1. The molecule has 18 nitrogen and oxygen atoms in total. The van der Waals surface area contributed by atoms with Crippen LogP contribution in [0.3, 0.4) is 0 Å². The summed E-state index contributed by atoms with van der Waals surface area (Å²) in [6.07, 6.45) is -13.1. The third kappa shape index (κ3) is 6.26. The molecule has 0 saturated carbocycles. The van der Waals surface area contributed by atoms with Gasteiger partial charge in [-0.15, -0.1) is 0 Å². The van der Waals surface area contributed by atoms with E-state index < -0.39 is 89.2 Å². The van der Waals surface area contributed by atoms with Gasteiger partial charge >= 0.3 is 21.3 Å². The molecule has 0 spiro atoms. The molecule has 0 amide bonds. The Hall–Kier alpha value is -1.34. The highest BCUT2D eigenvalue weighted by Gasteiger charge is 2.49. The molecule has 0 aromatic carbocycles. The molecule has 2 aliphatic rings. The van der Waals surface area contributed by atoms with Gasteiger partial charge in [-0.3, -0.25) is 23.4 Å². The highest BCUT2D eigenvalue weighted by atomic mass is 31.3. The fourth-order valence-corrected chi connectivity index (χ4v) is 5.31. The summed E-state index contributed by atoms with van der Waals surface area (Å²) in [6, 6.07) is 0.935. The number of H-pyrrole nitrogens is 1. The number of aliphatic hydroxyl groups is 5. The number of rotatable bonds is 8. The summed E-state index contributed by atoms with van der Waals surface area (Å²) >= 11 is 0. The topological polar surface area (TPSA) is 277 Å². The first-order valence-corrected chi connectivity index (χ1v) is 12.4. The number of aromatic nitrogens is 2. The molecule has 8 N–H and O–H groups in total. The first-order valence-electron chi connectivity index (χ1n) is 9.39. The second kappa shape index (κ2) is 10.3. The van der Waals surface area contributed by atoms with Crippen molar-refractivity contribution in [3.05, 3.63) is 33.1 Å². The maximum atomic E-state index is 12.8. The van der Waals surface area contributed by atoms with Crippen molar-refractivity contribution in [1.82, 2.24) is 9.55 Å². The highest BCUT2D eigenvalue weighted by molar-refractivity contribution is 7.61. The molecule has 9 atom stereocenters. The minimum absolute atomic E-state index is 0.620. The largest absolute Gasteiger partial charge is 0.486 e. The van der Waals surface area contributed by atoms with Gasteiger partial charge < -0.3 is 44.8 Å². The van der Waals surface area contributed by atoms with E-state index in [1.165, 1.54) is 0 Å². The lowest BCUT2D eigenvalue weighted by molar-refractivity contribution is -0.246. The SMILES string of the molecule is O=c1ccn([C@H]2O[C@@H](COP(=O)(O[C@@H]3OC[C@@H](O)[C@@H](O)[C@@H]3O)OP(=O)(O)O)C(O)C2O)c(=O)[nH]1. The zero-order valence-electron chi connectivity index (χ0n) is 16.8. The van der Waals surface area contributed by atoms with E-state index in [1.54, 1.807) is 0 Å². The van der Waals surface area contributed by atoms with Crippen molar-refractivity contribution in [2.45, 2.75) is 49.1 Å². The molecule has 3 rings (SSSR count). The molecule has 2 saturated heterocycles. The van der Waals surface area contributed by atoms with Gasteiger partial charge in [-0.2, -0.15) is 4.31 Å². The van der Waals surface area contributed by atoms with Crippen LogP contribution in [0.4, 0.5) is 0 Å². The summed E-state index contributed by atoms with van der Waals surface area (Å²) < 4.78 is 48.5. The average molecular weight is 536 g/mol. The monoisotopic (exact) mass is 536 g/mol. The molecule has 0 aliphatic carbocycles. The van der Waals surface area contributed by atoms with E-state index in [0.29, 0.717) is 0 Å². The summed E-state index contributed by atoms with van der Waals surface area (Å²) in [6.45, 7) is -1.62. The molecule has 2 fully saturated rings. The van der Waals surface area contributed by atoms with Gasteiger partial charge in [0.1, 0.15) is 36.6 Å². The molecule has 0 radical (unpaired) electrons. The van der Waals surface area contributed by atoms with Crippen LogP contribution >= 0.6 is 15.6 Å². The Kier molecular flexibility index (Phi) is 8.28. The van der Waals surface area contributed by atoms with E-state index in [4.69, 9.17) is 28.3 Å². The molecular formula is C14H22N2O16P2. The summed E-state index contributed by atoms with van der Waals surface area (Å²) in [5, 5.41) is 49.4. The van der Waals surface area contributed by atoms with Crippen molar-refractivity contribution in [2.75, 3.05) is 13.2 Å². The Labute approximate surface area is 188 Å². The first kappa shape index (κ1) is 27.3. The Morgan fingerprint density at radius 3 is 2.35 bits per heavy atom. The van der Waals surface area contributed by atoms with Crippen molar-refractivity contribution in [1.29, 1.82) is 0 Å². The molecule has 0 bridgehead atoms. The van der Waals surface area contributed by atoms with Crippen LogP contribution in [-0.2, 0) is 32.0 Å². The first-order chi connectivity index (χ1) is 15.7. The highest BCUT2D eigenvalue weighted by Crippen LogP contribution is 2.62. The standard InChI is InChI=1S/C14H22N2O16P2/c17-5-3-28-13(11(22)8(5)19)31-34(27,32-33(24,25)26)29-4-6-9(20)10(21)12(30-6)16-2-1-7(18)15-14(16)23/h1-2,5-6,8-13,17,19-22H,3-4H2,(H,15,18,23)(H2,24,25,26)/t5-,6+,8-,9?,10?,11+,12+,13+,34?/m1/s1. The van der Waals surface area contributed by atoms with Gasteiger partial charge in [0.25, 0.3) is 5.56 Å². The maximum absolute atomic E-state index is 12.8. The molecular weight excluding hydrogens is 514 g/mol. The van der Waals surface area contributed by atoms with Gasteiger partial charge in [0, 0.05) is 12.3 Å². The Morgan fingerprint density at radius 2 is 1.74 bits per heavy atom. The van der Waals surface area contributed by atoms with Gasteiger partial charge in [-0.1, -0.05) is 0 Å². The van der Waals surface area contributed by atoms with Crippen molar-refractivity contribution < 1.29 is 67.3 Å². The fourth-order valence-electron chi connectivity index (χ4n) is 3.09. The number of phosphoric ester groups is 1. The van der Waals surface area contributed by atoms with Gasteiger partial charge in [0.2, 0.25) is 0 Å². The van der Waals surface area contributed by atoms with Crippen LogP contribution in [0.2, 0.25) is 0 Å². The average Bonchev–Trinajstić information content (AvgIpc) is 3.00. The molecule has 34 heavy (non-hydrogen) atoms. The van der Waals surface area contributed by atoms with Crippen molar-refractivity contribution in [2.24, 2.45) is 0 Å². The number of nitrogens with one attached hydrogen (secondary N) is 1. The van der Waals surface area contributed by atoms with Gasteiger partial charge in [0.05, 0.1) is 13.2 Å². The van der Waals surface area contributed by atoms with Gasteiger partial charge in [-0.05, 0) is 0 Å². The summed E-state index contributed by atoms with van der Waals surface area (Å²) in [5.41, 5.74) is -1.74. The van der Waals surface area contributed by atoms with E-state index in [9.17, 15) is 44.3 Å². The Balaban J connectivity index is 1.74. The lowest BCUT2D eigenvalue weighted by Gasteiger charge is -2.35. The van der Waals surface area contributed by atoms with E-state index in [0.717, 1.165) is 16.8 Å². The van der Waals surface area contributed by atoms with Crippen LogP contribution in [0.25, 0.3) is 0 Å². The van der Waals surface area contributed by atoms with Gasteiger partial charge in [0.15, 0.2) is 12.5 Å². The third-order valence-electron chi connectivity index (χ3n) is 4.75. The maximum Gasteiger partial charge on any atom is 0.486 e. The van der Waals surface area contributed by atoms with Crippen molar-refractivity contribution in [3.63, 3.8) is 0 Å². The number of aliphatic hydroxyl groups excluding tert-OH is 5. The summed E-state index contributed by atoms with van der Waals surface area (Å²) in [5.74, 6) is 0. The van der Waals surface area contributed by atoms with Crippen LogP contribution in [0, 0.1) is 0 Å². The molecule has 3 heterocycles. The molecule has 1 aromatic heterocycles. The van der Waals surface area contributed by atoms with Crippen molar-refractivity contribution >= 4 is 15.6 Å². The Bertz CT molecular complexity index is 1070. The predicted molar refractivity (Wildman–Crippen MR) is 103 cm³/mol. The molecule has 3 unspecified atom stereocenters. The Morgan fingerprint density at radius 1 is 1.06 bits per heavy atom. The van der Waals surface area contributed by atoms with Crippen LogP contribution in [0.15, 0.2) is 21.9 Å². The van der Waals surface area contributed by atoms with Crippen LogP contribution in [-0.4, -0.2) is 101 Å².